The first kappa shape index (κ1) is 21.4. The predicted octanol–water partition coefficient (Wildman–Crippen LogP) is 3.43. The number of carbonyl (C=O) groups is 3. The van der Waals surface area contributed by atoms with Crippen LogP contribution in [0.2, 0.25) is 0 Å². The van der Waals surface area contributed by atoms with E-state index in [0.717, 1.165) is 0 Å². The minimum atomic E-state index is -1.14. The third-order valence-corrected chi connectivity index (χ3v) is 4.14. The number of hydrogen-bond donors (Lipinski definition) is 3. The summed E-state index contributed by atoms with van der Waals surface area (Å²) in [5.41, 5.74) is 0.586. The molecule has 3 N–H and O–H groups in total. The number of aliphatic carboxylic acids is 1. The van der Waals surface area contributed by atoms with Crippen LogP contribution in [0.3, 0.4) is 0 Å². The molecule has 0 fully saturated rings. The van der Waals surface area contributed by atoms with Crippen LogP contribution in [-0.4, -0.2) is 28.9 Å². The molecule has 2 rings (SSSR count). The van der Waals surface area contributed by atoms with E-state index in [0.29, 0.717) is 10.2 Å². The van der Waals surface area contributed by atoms with E-state index in [1.165, 1.54) is 12.1 Å². The van der Waals surface area contributed by atoms with Crippen molar-refractivity contribution in [1.29, 1.82) is 0 Å². The smallest absolute Gasteiger partial charge is 0.326 e. The zero-order chi connectivity index (χ0) is 20.7. The lowest BCUT2D eigenvalue weighted by Crippen LogP contribution is -2.45. The minimum absolute atomic E-state index is 0.00982. The lowest BCUT2D eigenvalue weighted by atomic mass is 10.0. The van der Waals surface area contributed by atoms with E-state index < -0.39 is 23.8 Å². The third-order valence-electron chi connectivity index (χ3n) is 3.71. The van der Waals surface area contributed by atoms with Crippen molar-refractivity contribution in [3.8, 4) is 0 Å². The molecule has 0 saturated carbocycles. The lowest BCUT2D eigenvalue weighted by Gasteiger charge is -2.18. The first-order valence-electron chi connectivity index (χ1n) is 8.63. The van der Waals surface area contributed by atoms with Gasteiger partial charge in [-0.3, -0.25) is 9.59 Å². The minimum Gasteiger partial charge on any atom is -0.480 e. The standard InChI is InChI=1S/C20H21BrN2O5/c1-12(2)10-15(20(26)27)23-18(24)14(11-13-6-4-3-5-7-13)22-19(25)16-8-9-17(21)28-16/h3-9,11-12,15H,10H2,1-2H3,(H,22,25)(H,23,24)(H,26,27)/b14-11-. The van der Waals surface area contributed by atoms with Crippen LogP contribution in [0.1, 0.15) is 36.4 Å². The second kappa shape index (κ2) is 9.89. The molecule has 148 valence electrons. The molecule has 1 atom stereocenters. The molecule has 2 amide bonds. The Morgan fingerprint density at radius 3 is 2.36 bits per heavy atom. The van der Waals surface area contributed by atoms with Crippen molar-refractivity contribution in [3.05, 3.63) is 64.2 Å². The normalized spacial score (nSPS) is 12.5. The van der Waals surface area contributed by atoms with Crippen LogP contribution in [0.4, 0.5) is 0 Å². The fourth-order valence-corrected chi connectivity index (χ4v) is 2.73. The van der Waals surface area contributed by atoms with Crippen molar-refractivity contribution in [2.24, 2.45) is 5.92 Å². The van der Waals surface area contributed by atoms with Gasteiger partial charge in [0.25, 0.3) is 11.8 Å². The van der Waals surface area contributed by atoms with Crippen LogP contribution in [0.25, 0.3) is 6.08 Å². The van der Waals surface area contributed by atoms with Crippen LogP contribution >= 0.6 is 15.9 Å². The molecule has 0 saturated heterocycles. The molecule has 0 radical (unpaired) electrons. The molecule has 0 aliphatic rings. The number of benzene rings is 1. The number of rotatable bonds is 8. The molecule has 1 aromatic heterocycles. The quantitative estimate of drug-likeness (QED) is 0.536. The zero-order valence-electron chi connectivity index (χ0n) is 15.4. The van der Waals surface area contributed by atoms with E-state index in [-0.39, 0.29) is 23.8 Å². The van der Waals surface area contributed by atoms with Gasteiger partial charge in [0.2, 0.25) is 0 Å². The summed E-state index contributed by atoms with van der Waals surface area (Å²) in [6, 6.07) is 10.8. The highest BCUT2D eigenvalue weighted by Crippen LogP contribution is 2.15. The summed E-state index contributed by atoms with van der Waals surface area (Å²) in [5.74, 6) is -2.38. The van der Waals surface area contributed by atoms with Gasteiger partial charge in [-0.2, -0.15) is 0 Å². The lowest BCUT2D eigenvalue weighted by molar-refractivity contribution is -0.141. The number of amides is 2. The van der Waals surface area contributed by atoms with Crippen molar-refractivity contribution < 1.29 is 23.9 Å². The highest BCUT2D eigenvalue weighted by Gasteiger charge is 2.24. The number of hydrogen-bond acceptors (Lipinski definition) is 4. The molecular weight excluding hydrogens is 428 g/mol. The average molecular weight is 449 g/mol. The van der Waals surface area contributed by atoms with E-state index in [1.54, 1.807) is 30.3 Å². The fourth-order valence-electron chi connectivity index (χ4n) is 2.42. The van der Waals surface area contributed by atoms with Gasteiger partial charge >= 0.3 is 5.97 Å². The Balaban J connectivity index is 2.27. The molecule has 1 heterocycles. The van der Waals surface area contributed by atoms with E-state index in [1.807, 2.05) is 19.9 Å². The molecule has 28 heavy (non-hydrogen) atoms. The van der Waals surface area contributed by atoms with Gasteiger partial charge in [-0.15, -0.1) is 0 Å². The Labute approximate surface area is 170 Å². The van der Waals surface area contributed by atoms with Crippen LogP contribution < -0.4 is 10.6 Å². The van der Waals surface area contributed by atoms with Crippen LogP contribution in [-0.2, 0) is 9.59 Å². The van der Waals surface area contributed by atoms with Gasteiger partial charge in [-0.25, -0.2) is 4.79 Å². The Morgan fingerprint density at radius 1 is 1.14 bits per heavy atom. The summed E-state index contributed by atoms with van der Waals surface area (Å²) in [6.45, 7) is 3.72. The van der Waals surface area contributed by atoms with E-state index in [9.17, 15) is 19.5 Å². The van der Waals surface area contributed by atoms with E-state index in [4.69, 9.17) is 4.42 Å². The van der Waals surface area contributed by atoms with Gasteiger partial charge in [0, 0.05) is 0 Å². The molecule has 0 aliphatic carbocycles. The fraction of sp³-hybridized carbons (Fsp3) is 0.250. The number of carboxylic acid groups (broad SMARTS) is 1. The molecule has 0 spiro atoms. The van der Waals surface area contributed by atoms with Crippen molar-refractivity contribution >= 4 is 39.8 Å². The van der Waals surface area contributed by atoms with Gasteiger partial charge in [-0.05, 0) is 52.0 Å². The summed E-state index contributed by atoms with van der Waals surface area (Å²) in [5, 5.41) is 14.3. The van der Waals surface area contributed by atoms with Gasteiger partial charge in [-0.1, -0.05) is 44.2 Å². The number of halogens is 1. The molecular formula is C20H21BrN2O5. The average Bonchev–Trinajstić information content (AvgIpc) is 3.07. The molecule has 1 unspecified atom stereocenters. The summed E-state index contributed by atoms with van der Waals surface area (Å²) in [6.07, 6.45) is 1.73. The van der Waals surface area contributed by atoms with E-state index in [2.05, 4.69) is 26.6 Å². The molecule has 0 aliphatic heterocycles. The van der Waals surface area contributed by atoms with Crippen LogP contribution in [0.15, 0.2) is 57.2 Å². The predicted molar refractivity (Wildman–Crippen MR) is 107 cm³/mol. The van der Waals surface area contributed by atoms with Crippen molar-refractivity contribution in [3.63, 3.8) is 0 Å². The second-order valence-electron chi connectivity index (χ2n) is 6.52. The largest absolute Gasteiger partial charge is 0.480 e. The Bertz CT molecular complexity index is 874. The number of carboxylic acids is 1. The third kappa shape index (κ3) is 6.38. The number of furan rings is 1. The molecule has 0 bridgehead atoms. The first-order valence-corrected chi connectivity index (χ1v) is 9.42. The SMILES string of the molecule is CC(C)CC(NC(=O)/C(=C/c1ccccc1)NC(=O)c1ccc(Br)o1)C(=O)O. The molecule has 7 nitrogen and oxygen atoms in total. The van der Waals surface area contributed by atoms with Crippen LogP contribution in [0.5, 0.6) is 0 Å². The van der Waals surface area contributed by atoms with Gasteiger partial charge in [0.05, 0.1) is 0 Å². The Morgan fingerprint density at radius 2 is 1.82 bits per heavy atom. The number of nitrogens with one attached hydrogen (secondary N) is 2. The number of carbonyl (C=O) groups excluding carboxylic acids is 2. The molecule has 8 heteroatoms. The first-order chi connectivity index (χ1) is 13.3. The van der Waals surface area contributed by atoms with Gasteiger partial charge < -0.3 is 20.2 Å². The zero-order valence-corrected chi connectivity index (χ0v) is 17.0. The van der Waals surface area contributed by atoms with Crippen molar-refractivity contribution in [2.45, 2.75) is 26.3 Å². The second-order valence-corrected chi connectivity index (χ2v) is 7.30. The summed E-state index contributed by atoms with van der Waals surface area (Å²) in [7, 11) is 0. The maximum absolute atomic E-state index is 12.7. The van der Waals surface area contributed by atoms with Crippen LogP contribution in [0, 0.1) is 5.92 Å². The Kier molecular flexibility index (Phi) is 7.57. The molecule has 1 aromatic carbocycles. The van der Waals surface area contributed by atoms with Gasteiger partial charge in [0.1, 0.15) is 11.7 Å². The maximum atomic E-state index is 12.7. The summed E-state index contributed by atoms with van der Waals surface area (Å²) in [4.78, 5) is 36.6. The maximum Gasteiger partial charge on any atom is 0.326 e. The highest BCUT2D eigenvalue weighted by molar-refractivity contribution is 9.10. The van der Waals surface area contributed by atoms with Crippen molar-refractivity contribution in [2.75, 3.05) is 0 Å². The van der Waals surface area contributed by atoms with Crippen molar-refractivity contribution in [1.82, 2.24) is 10.6 Å². The van der Waals surface area contributed by atoms with E-state index >= 15 is 0 Å². The summed E-state index contributed by atoms with van der Waals surface area (Å²) >= 11 is 3.12. The Hall–Kier alpha value is -2.87. The highest BCUT2D eigenvalue weighted by atomic mass is 79.9. The van der Waals surface area contributed by atoms with Gasteiger partial charge in [0.15, 0.2) is 10.4 Å². The monoisotopic (exact) mass is 448 g/mol. The molecule has 2 aromatic rings. The summed E-state index contributed by atoms with van der Waals surface area (Å²) < 4.78 is 5.57. The topological polar surface area (TPSA) is 109 Å².